The van der Waals surface area contributed by atoms with Gasteiger partial charge in [0.05, 0.1) is 5.02 Å². The third-order valence-electron chi connectivity index (χ3n) is 3.50. The normalized spacial score (nSPS) is 17.2. The van der Waals surface area contributed by atoms with Crippen LogP contribution in [0.25, 0.3) is 6.08 Å². The highest BCUT2D eigenvalue weighted by Gasteiger charge is 2.25. The van der Waals surface area contributed by atoms with E-state index in [0.717, 1.165) is 4.47 Å². The molecule has 4 rings (SSSR count). The largest absolute Gasteiger partial charge is 0.454 e. The summed E-state index contributed by atoms with van der Waals surface area (Å²) in [6, 6.07) is 10.7. The van der Waals surface area contributed by atoms with Crippen molar-refractivity contribution in [2.75, 3.05) is 6.79 Å². The molecule has 2 aliphatic rings. The fraction of sp³-hybridized carbons (Fsp3) is 0.0588. The number of esters is 1. The Balaban J connectivity index is 1.70. The molecule has 5 nitrogen and oxygen atoms in total. The maximum Gasteiger partial charge on any atom is 0.363 e. The first-order valence-corrected chi connectivity index (χ1v) is 8.15. The van der Waals surface area contributed by atoms with E-state index >= 15 is 0 Å². The molecule has 0 aliphatic carbocycles. The molecule has 120 valence electrons. The van der Waals surface area contributed by atoms with Gasteiger partial charge in [-0.25, -0.2) is 9.79 Å². The van der Waals surface area contributed by atoms with Gasteiger partial charge in [-0.05, 0) is 42.0 Å². The van der Waals surface area contributed by atoms with Gasteiger partial charge in [-0.2, -0.15) is 0 Å². The summed E-state index contributed by atoms with van der Waals surface area (Å²) in [4.78, 5) is 16.3. The Hall–Kier alpha value is -2.31. The van der Waals surface area contributed by atoms with Gasteiger partial charge in [-0.1, -0.05) is 27.5 Å². The number of fused-ring (bicyclic) bond motifs is 1. The van der Waals surface area contributed by atoms with Crippen LogP contribution < -0.4 is 9.47 Å². The number of nitrogens with zero attached hydrogens (tertiary/aromatic N) is 1. The van der Waals surface area contributed by atoms with E-state index in [0.29, 0.717) is 27.6 Å². The maximum atomic E-state index is 12.1. The van der Waals surface area contributed by atoms with Crippen molar-refractivity contribution in [1.82, 2.24) is 0 Å². The summed E-state index contributed by atoms with van der Waals surface area (Å²) in [5.41, 5.74) is 1.49. The van der Waals surface area contributed by atoms with Gasteiger partial charge in [-0.15, -0.1) is 0 Å². The lowest BCUT2D eigenvalue weighted by molar-refractivity contribution is -0.129. The second kappa shape index (κ2) is 5.96. The van der Waals surface area contributed by atoms with Crippen LogP contribution in [-0.4, -0.2) is 18.7 Å². The van der Waals surface area contributed by atoms with Gasteiger partial charge in [0, 0.05) is 16.1 Å². The fourth-order valence-corrected chi connectivity index (χ4v) is 2.79. The van der Waals surface area contributed by atoms with Crippen molar-refractivity contribution in [3.8, 4) is 11.5 Å². The van der Waals surface area contributed by atoms with Crippen LogP contribution in [0, 0.1) is 0 Å². The monoisotopic (exact) mass is 405 g/mol. The average Bonchev–Trinajstić information content (AvgIpc) is 3.15. The van der Waals surface area contributed by atoms with Crippen molar-refractivity contribution in [2.24, 2.45) is 4.99 Å². The van der Waals surface area contributed by atoms with Crippen molar-refractivity contribution < 1.29 is 19.0 Å². The zero-order valence-corrected chi connectivity index (χ0v) is 14.4. The van der Waals surface area contributed by atoms with Crippen molar-refractivity contribution in [2.45, 2.75) is 0 Å². The zero-order valence-electron chi connectivity index (χ0n) is 12.1. The van der Waals surface area contributed by atoms with E-state index < -0.39 is 5.97 Å². The van der Waals surface area contributed by atoms with Gasteiger partial charge in [0.2, 0.25) is 12.7 Å². The predicted molar refractivity (Wildman–Crippen MR) is 92.3 cm³/mol. The van der Waals surface area contributed by atoms with E-state index in [2.05, 4.69) is 20.9 Å². The third-order valence-corrected chi connectivity index (χ3v) is 4.35. The van der Waals surface area contributed by atoms with Gasteiger partial charge in [0.25, 0.3) is 0 Å². The molecule has 0 unspecified atom stereocenters. The highest BCUT2D eigenvalue weighted by atomic mass is 79.9. The number of rotatable bonds is 2. The highest BCUT2D eigenvalue weighted by Crippen LogP contribution is 2.38. The van der Waals surface area contributed by atoms with Gasteiger partial charge >= 0.3 is 5.97 Å². The molecule has 0 saturated heterocycles. The first-order chi connectivity index (χ1) is 11.6. The minimum Gasteiger partial charge on any atom is -0.454 e. The first-order valence-electron chi connectivity index (χ1n) is 6.98. The van der Waals surface area contributed by atoms with Crippen LogP contribution in [0.1, 0.15) is 11.1 Å². The van der Waals surface area contributed by atoms with E-state index in [1.807, 2.05) is 24.3 Å². The lowest BCUT2D eigenvalue weighted by atomic mass is 10.1. The fourth-order valence-electron chi connectivity index (χ4n) is 2.32. The molecule has 7 heteroatoms. The SMILES string of the molecule is O=C1OC(c2ccc(Br)cc2)=N/C1=C/c1cc2c(cc1Cl)OCO2. The summed E-state index contributed by atoms with van der Waals surface area (Å²) in [5, 5.41) is 0.437. The lowest BCUT2D eigenvalue weighted by Gasteiger charge is -2.01. The van der Waals surface area contributed by atoms with Crippen molar-refractivity contribution in [3.63, 3.8) is 0 Å². The van der Waals surface area contributed by atoms with Crippen molar-refractivity contribution in [1.29, 1.82) is 0 Å². The number of benzene rings is 2. The molecule has 0 amide bonds. The second-order valence-electron chi connectivity index (χ2n) is 5.07. The maximum absolute atomic E-state index is 12.1. The standard InChI is InChI=1S/C17H9BrClNO4/c18-11-3-1-9(2-4-11)16-20-13(17(21)24-16)5-10-6-14-15(7-12(10)19)23-8-22-14/h1-7H,8H2/b13-5+. The number of hydrogen-bond donors (Lipinski definition) is 0. The van der Waals surface area contributed by atoms with Crippen LogP contribution in [0.15, 0.2) is 51.6 Å². The van der Waals surface area contributed by atoms with Crippen LogP contribution in [0.5, 0.6) is 11.5 Å². The topological polar surface area (TPSA) is 57.1 Å². The van der Waals surface area contributed by atoms with Crippen molar-refractivity contribution in [3.05, 3.63) is 62.7 Å². The quantitative estimate of drug-likeness (QED) is 0.555. The zero-order chi connectivity index (χ0) is 16.7. The molecule has 2 aromatic rings. The van der Waals surface area contributed by atoms with Crippen LogP contribution >= 0.6 is 27.5 Å². The summed E-state index contributed by atoms with van der Waals surface area (Å²) in [5.74, 6) is 0.891. The summed E-state index contributed by atoms with van der Waals surface area (Å²) in [6.07, 6.45) is 1.57. The molecule has 0 N–H and O–H groups in total. The Labute approximate surface area is 150 Å². The molecule has 0 atom stereocenters. The van der Waals surface area contributed by atoms with Gasteiger partial charge in [0.1, 0.15) is 0 Å². The Morgan fingerprint density at radius 3 is 2.58 bits per heavy atom. The minimum atomic E-state index is -0.526. The molecule has 24 heavy (non-hydrogen) atoms. The Morgan fingerprint density at radius 2 is 1.83 bits per heavy atom. The Kier molecular flexibility index (Phi) is 3.78. The molecule has 0 radical (unpaired) electrons. The molecule has 2 aliphatic heterocycles. The molecule has 0 bridgehead atoms. The minimum absolute atomic E-state index is 0.152. The molecular formula is C17H9BrClNO4. The lowest BCUT2D eigenvalue weighted by Crippen LogP contribution is -2.05. The van der Waals surface area contributed by atoms with Crippen LogP contribution in [0.2, 0.25) is 5.02 Å². The third kappa shape index (κ3) is 2.79. The number of cyclic esters (lactones) is 1. The Bertz CT molecular complexity index is 906. The summed E-state index contributed by atoms with van der Waals surface area (Å²) in [7, 11) is 0. The summed E-state index contributed by atoms with van der Waals surface area (Å²) >= 11 is 9.58. The van der Waals surface area contributed by atoms with E-state index in [-0.39, 0.29) is 18.4 Å². The average molecular weight is 407 g/mol. The molecular weight excluding hydrogens is 398 g/mol. The van der Waals surface area contributed by atoms with Gasteiger partial charge < -0.3 is 14.2 Å². The van der Waals surface area contributed by atoms with Gasteiger partial charge in [-0.3, -0.25) is 0 Å². The van der Waals surface area contributed by atoms with Crippen LogP contribution in [-0.2, 0) is 9.53 Å². The van der Waals surface area contributed by atoms with Crippen LogP contribution in [0.4, 0.5) is 0 Å². The number of aliphatic imine (C=N–C) groups is 1. The summed E-state index contributed by atoms with van der Waals surface area (Å²) in [6.45, 7) is 0.152. The Morgan fingerprint density at radius 1 is 1.12 bits per heavy atom. The highest BCUT2D eigenvalue weighted by molar-refractivity contribution is 9.10. The van der Waals surface area contributed by atoms with Gasteiger partial charge in [0.15, 0.2) is 17.2 Å². The molecule has 2 aromatic carbocycles. The molecule has 0 aromatic heterocycles. The second-order valence-corrected chi connectivity index (χ2v) is 6.39. The van der Waals surface area contributed by atoms with Crippen molar-refractivity contribution >= 4 is 45.5 Å². The first kappa shape index (κ1) is 15.2. The molecule has 2 heterocycles. The number of ether oxygens (including phenoxy) is 3. The number of halogens is 2. The molecule has 0 spiro atoms. The van der Waals surface area contributed by atoms with E-state index in [1.165, 1.54) is 0 Å². The predicted octanol–water partition coefficient (Wildman–Crippen LogP) is 4.18. The summed E-state index contributed by atoms with van der Waals surface area (Å²) < 4.78 is 16.7. The smallest absolute Gasteiger partial charge is 0.363 e. The van der Waals surface area contributed by atoms with Crippen LogP contribution in [0.3, 0.4) is 0 Å². The number of carbonyl (C=O) groups is 1. The molecule has 0 fully saturated rings. The number of hydrogen-bond acceptors (Lipinski definition) is 5. The van der Waals surface area contributed by atoms with E-state index in [4.69, 9.17) is 25.8 Å². The number of carbonyl (C=O) groups excluding carboxylic acids is 1. The van der Waals surface area contributed by atoms with E-state index in [1.54, 1.807) is 18.2 Å². The molecule has 0 saturated carbocycles. The van der Waals surface area contributed by atoms with E-state index in [9.17, 15) is 4.79 Å².